The van der Waals surface area contributed by atoms with E-state index in [1.165, 1.54) is 13.0 Å². The molecular weight excluding hydrogens is 401 g/mol. The molecule has 0 amide bonds. The largest absolute Gasteiger partial charge is 0.348 e. The first kappa shape index (κ1) is 21.6. The maximum atomic E-state index is 14.8. The molecule has 0 aromatic heterocycles. The summed E-state index contributed by atoms with van der Waals surface area (Å²) in [6.07, 6.45) is 1.41. The molecule has 2 nitrogen and oxygen atoms in total. The van der Waals surface area contributed by atoms with Crippen molar-refractivity contribution in [3.8, 4) is 22.3 Å². The third-order valence-electron chi connectivity index (χ3n) is 5.72. The molecule has 1 fully saturated rings. The molecule has 162 valence electrons. The zero-order chi connectivity index (χ0) is 22.0. The van der Waals surface area contributed by atoms with Gasteiger partial charge in [0.2, 0.25) is 0 Å². The zero-order valence-electron chi connectivity index (χ0n) is 17.6. The van der Waals surface area contributed by atoms with Crippen molar-refractivity contribution < 1.29 is 22.6 Å². The third kappa shape index (κ3) is 4.53. The molecule has 4 rings (SSSR count). The number of ether oxygens (including phenoxy) is 2. The lowest BCUT2D eigenvalue weighted by Gasteiger charge is -2.29. The second-order valence-electron chi connectivity index (χ2n) is 8.02. The Balaban J connectivity index is 1.52. The monoisotopic (exact) mass is 426 g/mol. The van der Waals surface area contributed by atoms with Crippen molar-refractivity contribution in [3.05, 3.63) is 83.2 Å². The molecule has 1 heterocycles. The van der Waals surface area contributed by atoms with Gasteiger partial charge in [-0.1, -0.05) is 61.9 Å². The first-order chi connectivity index (χ1) is 15.0. The van der Waals surface area contributed by atoms with Crippen molar-refractivity contribution in [2.45, 2.75) is 33.0 Å². The van der Waals surface area contributed by atoms with E-state index < -0.39 is 23.7 Å². The summed E-state index contributed by atoms with van der Waals surface area (Å²) < 4.78 is 54.4. The Morgan fingerprint density at radius 1 is 0.806 bits per heavy atom. The van der Waals surface area contributed by atoms with Crippen LogP contribution >= 0.6 is 0 Å². The lowest BCUT2D eigenvalue weighted by molar-refractivity contribution is -0.207. The van der Waals surface area contributed by atoms with E-state index >= 15 is 0 Å². The summed E-state index contributed by atoms with van der Waals surface area (Å²) in [6, 6.07) is 15.0. The van der Waals surface area contributed by atoms with E-state index in [0.717, 1.165) is 18.4 Å². The van der Waals surface area contributed by atoms with Crippen LogP contribution < -0.4 is 0 Å². The highest BCUT2D eigenvalue weighted by molar-refractivity contribution is 5.71. The molecule has 0 saturated carbocycles. The first-order valence-electron chi connectivity index (χ1n) is 10.6. The number of halogens is 3. The van der Waals surface area contributed by atoms with Gasteiger partial charge in [-0.2, -0.15) is 0 Å². The topological polar surface area (TPSA) is 18.5 Å². The fraction of sp³-hybridized carbons (Fsp3) is 0.308. The predicted octanol–water partition coefficient (Wildman–Crippen LogP) is 7.21. The van der Waals surface area contributed by atoms with Crippen LogP contribution in [-0.4, -0.2) is 13.2 Å². The summed E-state index contributed by atoms with van der Waals surface area (Å²) in [5.41, 5.74) is 2.86. The molecule has 3 aromatic rings. The fourth-order valence-corrected chi connectivity index (χ4v) is 3.91. The van der Waals surface area contributed by atoms with Gasteiger partial charge < -0.3 is 9.47 Å². The van der Waals surface area contributed by atoms with Crippen molar-refractivity contribution in [1.82, 2.24) is 0 Å². The summed E-state index contributed by atoms with van der Waals surface area (Å²) in [5.74, 6) is -1.75. The summed E-state index contributed by atoms with van der Waals surface area (Å²) in [4.78, 5) is 0. The molecule has 3 aromatic carbocycles. The van der Waals surface area contributed by atoms with E-state index in [4.69, 9.17) is 9.47 Å². The van der Waals surface area contributed by atoms with Crippen molar-refractivity contribution >= 4 is 0 Å². The highest BCUT2D eigenvalue weighted by atomic mass is 19.2. The van der Waals surface area contributed by atoms with Crippen molar-refractivity contribution in [3.63, 3.8) is 0 Å². The lowest BCUT2D eigenvalue weighted by Crippen LogP contribution is -2.27. The zero-order valence-corrected chi connectivity index (χ0v) is 17.6. The molecule has 31 heavy (non-hydrogen) atoms. The lowest BCUT2D eigenvalue weighted by atomic mass is 9.98. The second kappa shape index (κ2) is 9.25. The SMILES string of the molecule is CCCC1COC(c2ccc(-c3ccc(-c4ccc(C)c(F)c4F)cc3)cc2F)OC1. The number of hydrogen-bond donors (Lipinski definition) is 0. The highest BCUT2D eigenvalue weighted by Crippen LogP contribution is 2.32. The quantitative estimate of drug-likeness (QED) is 0.429. The molecule has 1 saturated heterocycles. The number of aryl methyl sites for hydroxylation is 1. The van der Waals surface area contributed by atoms with E-state index in [9.17, 15) is 13.2 Å². The fourth-order valence-electron chi connectivity index (χ4n) is 3.91. The van der Waals surface area contributed by atoms with Crippen molar-refractivity contribution in [2.24, 2.45) is 5.92 Å². The van der Waals surface area contributed by atoms with Crippen LogP contribution in [0.5, 0.6) is 0 Å². The number of hydrogen-bond acceptors (Lipinski definition) is 2. The van der Waals surface area contributed by atoms with Gasteiger partial charge in [0.25, 0.3) is 0 Å². The van der Waals surface area contributed by atoms with Crippen LogP contribution in [0.25, 0.3) is 22.3 Å². The summed E-state index contributed by atoms with van der Waals surface area (Å²) in [5, 5.41) is 0. The van der Waals surface area contributed by atoms with E-state index in [2.05, 4.69) is 6.92 Å². The van der Waals surface area contributed by atoms with Gasteiger partial charge in [0.1, 0.15) is 5.82 Å². The molecule has 0 bridgehead atoms. The van der Waals surface area contributed by atoms with Crippen molar-refractivity contribution in [2.75, 3.05) is 13.2 Å². The van der Waals surface area contributed by atoms with E-state index in [1.54, 1.807) is 42.5 Å². The molecule has 0 aliphatic carbocycles. The van der Waals surface area contributed by atoms with Gasteiger partial charge >= 0.3 is 0 Å². The molecular formula is C26H25F3O2. The van der Waals surface area contributed by atoms with Crippen LogP contribution in [0.1, 0.15) is 37.2 Å². The molecule has 0 unspecified atom stereocenters. The van der Waals surface area contributed by atoms with Gasteiger partial charge in [-0.3, -0.25) is 0 Å². The normalized spacial score (nSPS) is 18.9. The van der Waals surface area contributed by atoms with Crippen LogP contribution in [0.15, 0.2) is 54.6 Å². The van der Waals surface area contributed by atoms with Crippen LogP contribution in [0.3, 0.4) is 0 Å². The van der Waals surface area contributed by atoms with Gasteiger partial charge in [-0.05, 0) is 41.7 Å². The third-order valence-corrected chi connectivity index (χ3v) is 5.72. The summed E-state index contributed by atoms with van der Waals surface area (Å²) >= 11 is 0. The van der Waals surface area contributed by atoms with Gasteiger partial charge in [-0.25, -0.2) is 13.2 Å². The molecule has 5 heteroatoms. The highest BCUT2D eigenvalue weighted by Gasteiger charge is 2.25. The van der Waals surface area contributed by atoms with Crippen LogP contribution in [0.4, 0.5) is 13.2 Å². The maximum absolute atomic E-state index is 14.8. The summed E-state index contributed by atoms with van der Waals surface area (Å²) in [7, 11) is 0. The maximum Gasteiger partial charge on any atom is 0.186 e. The smallest absolute Gasteiger partial charge is 0.186 e. The van der Waals surface area contributed by atoms with Crippen molar-refractivity contribution in [1.29, 1.82) is 0 Å². The Bertz CT molecular complexity index is 1050. The molecule has 0 atom stereocenters. The Morgan fingerprint density at radius 2 is 1.45 bits per heavy atom. The van der Waals surface area contributed by atoms with Gasteiger partial charge in [0.05, 0.1) is 13.2 Å². The Labute approximate surface area is 180 Å². The molecule has 0 spiro atoms. The van der Waals surface area contributed by atoms with Crippen LogP contribution in [-0.2, 0) is 9.47 Å². The number of benzene rings is 3. The molecule has 1 aliphatic rings. The minimum Gasteiger partial charge on any atom is -0.348 e. The van der Waals surface area contributed by atoms with Gasteiger partial charge in [0, 0.05) is 17.0 Å². The Hall–Kier alpha value is -2.63. The first-order valence-corrected chi connectivity index (χ1v) is 10.6. The van der Waals surface area contributed by atoms with Crippen LogP contribution in [0.2, 0.25) is 0 Å². The van der Waals surface area contributed by atoms with Crippen LogP contribution in [0, 0.1) is 30.3 Å². The average molecular weight is 426 g/mol. The Kier molecular flexibility index (Phi) is 6.44. The summed E-state index contributed by atoms with van der Waals surface area (Å²) in [6.45, 7) is 4.78. The minimum atomic E-state index is -0.864. The Morgan fingerprint density at radius 3 is 2.10 bits per heavy atom. The van der Waals surface area contributed by atoms with E-state index in [-0.39, 0.29) is 11.1 Å². The second-order valence-corrected chi connectivity index (χ2v) is 8.02. The van der Waals surface area contributed by atoms with Gasteiger partial charge in [0.15, 0.2) is 17.9 Å². The molecule has 0 radical (unpaired) electrons. The molecule has 0 N–H and O–H groups in total. The molecule has 1 aliphatic heterocycles. The predicted molar refractivity (Wildman–Crippen MR) is 115 cm³/mol. The van der Waals surface area contributed by atoms with E-state index in [1.807, 2.05) is 6.07 Å². The standard InChI is InChI=1S/C26H25F3O2/c1-3-4-17-14-30-26(31-15-17)22-12-10-20(13-23(22)27)18-6-8-19(9-7-18)21-11-5-16(2)24(28)25(21)29/h5-13,17,26H,3-4,14-15H2,1-2H3. The van der Waals surface area contributed by atoms with Gasteiger partial charge in [-0.15, -0.1) is 0 Å². The average Bonchev–Trinajstić information content (AvgIpc) is 2.79. The minimum absolute atomic E-state index is 0.198. The van der Waals surface area contributed by atoms with E-state index in [0.29, 0.717) is 35.8 Å². The number of rotatable bonds is 5.